The van der Waals surface area contributed by atoms with Crippen LogP contribution in [0, 0.1) is 0 Å². The number of para-hydroxylation sites is 3. The molecule has 1 N–H and O–H groups in total. The van der Waals surface area contributed by atoms with Crippen molar-refractivity contribution < 1.29 is 0 Å². The molecule has 3 aromatic carbocycles. The SMILES string of the molecule is c1ccc(NCCCCCCn2c3ccccc3c3ccccc32)cc1. The van der Waals surface area contributed by atoms with E-state index in [9.17, 15) is 0 Å². The average Bonchev–Trinajstić information content (AvgIpc) is 3.02. The predicted molar refractivity (Wildman–Crippen MR) is 113 cm³/mol. The van der Waals surface area contributed by atoms with Gasteiger partial charge in [-0.05, 0) is 37.1 Å². The van der Waals surface area contributed by atoms with Crippen molar-refractivity contribution in [2.45, 2.75) is 32.2 Å². The number of nitrogens with one attached hydrogen (secondary N) is 1. The molecule has 4 aromatic rings. The summed E-state index contributed by atoms with van der Waals surface area (Å²) in [5.74, 6) is 0. The topological polar surface area (TPSA) is 17.0 Å². The van der Waals surface area contributed by atoms with Crippen molar-refractivity contribution in [3.05, 3.63) is 78.9 Å². The quantitative estimate of drug-likeness (QED) is 0.363. The van der Waals surface area contributed by atoms with Gasteiger partial charge in [0.2, 0.25) is 0 Å². The molecular weight excluding hydrogens is 316 g/mol. The Bertz CT molecular complexity index is 916. The maximum Gasteiger partial charge on any atom is 0.0491 e. The molecule has 2 nitrogen and oxygen atoms in total. The molecule has 0 fully saturated rings. The van der Waals surface area contributed by atoms with Gasteiger partial charge in [0, 0.05) is 40.6 Å². The summed E-state index contributed by atoms with van der Waals surface area (Å²) in [5, 5.41) is 6.23. The number of hydrogen-bond donors (Lipinski definition) is 1. The summed E-state index contributed by atoms with van der Waals surface area (Å²) in [6.07, 6.45) is 5.00. The molecule has 4 rings (SSSR count). The average molecular weight is 342 g/mol. The zero-order chi connectivity index (χ0) is 17.6. The molecule has 0 aliphatic rings. The van der Waals surface area contributed by atoms with Crippen molar-refractivity contribution in [1.29, 1.82) is 0 Å². The van der Waals surface area contributed by atoms with Gasteiger partial charge in [0.25, 0.3) is 0 Å². The molecule has 0 aliphatic heterocycles. The molecule has 0 atom stereocenters. The van der Waals surface area contributed by atoms with E-state index in [0.717, 1.165) is 13.1 Å². The van der Waals surface area contributed by atoms with Gasteiger partial charge in [-0.3, -0.25) is 0 Å². The van der Waals surface area contributed by atoms with E-state index < -0.39 is 0 Å². The maximum atomic E-state index is 3.49. The Morgan fingerprint density at radius 1 is 0.577 bits per heavy atom. The van der Waals surface area contributed by atoms with E-state index in [0.29, 0.717) is 0 Å². The van der Waals surface area contributed by atoms with Crippen LogP contribution < -0.4 is 5.32 Å². The van der Waals surface area contributed by atoms with E-state index in [-0.39, 0.29) is 0 Å². The van der Waals surface area contributed by atoms with Crippen LogP contribution in [0.3, 0.4) is 0 Å². The van der Waals surface area contributed by atoms with E-state index in [1.165, 1.54) is 53.2 Å². The first kappa shape index (κ1) is 16.7. The highest BCUT2D eigenvalue weighted by Crippen LogP contribution is 2.29. The molecule has 0 aliphatic carbocycles. The van der Waals surface area contributed by atoms with Gasteiger partial charge in [0.1, 0.15) is 0 Å². The summed E-state index contributed by atoms with van der Waals surface area (Å²) in [5.41, 5.74) is 3.94. The normalized spacial score (nSPS) is 11.2. The number of benzene rings is 3. The molecule has 1 heterocycles. The minimum Gasteiger partial charge on any atom is -0.385 e. The monoisotopic (exact) mass is 342 g/mol. The van der Waals surface area contributed by atoms with Crippen molar-refractivity contribution in [2.24, 2.45) is 0 Å². The van der Waals surface area contributed by atoms with Gasteiger partial charge >= 0.3 is 0 Å². The Morgan fingerprint density at radius 2 is 1.15 bits per heavy atom. The van der Waals surface area contributed by atoms with Crippen molar-refractivity contribution >= 4 is 27.5 Å². The Kier molecular flexibility index (Phi) is 5.20. The van der Waals surface area contributed by atoms with Crippen LogP contribution in [0.1, 0.15) is 25.7 Å². The molecule has 1 aromatic heterocycles. The highest BCUT2D eigenvalue weighted by atomic mass is 15.0. The number of fused-ring (bicyclic) bond motifs is 3. The first-order valence-corrected chi connectivity index (χ1v) is 9.68. The van der Waals surface area contributed by atoms with Crippen LogP contribution in [0.4, 0.5) is 5.69 Å². The second-order valence-corrected chi connectivity index (χ2v) is 6.89. The Balaban J connectivity index is 1.31. The third-order valence-corrected chi connectivity index (χ3v) is 5.09. The van der Waals surface area contributed by atoms with E-state index in [2.05, 4.69) is 88.7 Å². The third-order valence-electron chi connectivity index (χ3n) is 5.09. The van der Waals surface area contributed by atoms with Crippen LogP contribution in [0.2, 0.25) is 0 Å². The Hall–Kier alpha value is -2.74. The highest BCUT2D eigenvalue weighted by Gasteiger charge is 2.08. The third kappa shape index (κ3) is 3.60. The van der Waals surface area contributed by atoms with Crippen LogP contribution in [-0.4, -0.2) is 11.1 Å². The van der Waals surface area contributed by atoms with Crippen molar-refractivity contribution in [3.63, 3.8) is 0 Å². The molecule has 0 saturated heterocycles. The number of aromatic nitrogens is 1. The highest BCUT2D eigenvalue weighted by molar-refractivity contribution is 6.07. The summed E-state index contributed by atoms with van der Waals surface area (Å²) in [4.78, 5) is 0. The number of aryl methyl sites for hydroxylation is 1. The van der Waals surface area contributed by atoms with Crippen LogP contribution in [-0.2, 0) is 6.54 Å². The molecular formula is C24H26N2. The molecule has 0 unspecified atom stereocenters. The van der Waals surface area contributed by atoms with E-state index in [1.54, 1.807) is 0 Å². The zero-order valence-electron chi connectivity index (χ0n) is 15.2. The number of nitrogens with zero attached hydrogens (tertiary/aromatic N) is 1. The lowest BCUT2D eigenvalue weighted by atomic mass is 10.2. The van der Waals surface area contributed by atoms with Crippen molar-refractivity contribution in [2.75, 3.05) is 11.9 Å². The largest absolute Gasteiger partial charge is 0.385 e. The molecule has 132 valence electrons. The van der Waals surface area contributed by atoms with Gasteiger partial charge < -0.3 is 9.88 Å². The minimum atomic E-state index is 1.05. The second-order valence-electron chi connectivity index (χ2n) is 6.89. The smallest absolute Gasteiger partial charge is 0.0491 e. The summed E-state index contributed by atoms with van der Waals surface area (Å²) >= 11 is 0. The lowest BCUT2D eigenvalue weighted by molar-refractivity contribution is 0.596. The van der Waals surface area contributed by atoms with Gasteiger partial charge in [-0.25, -0.2) is 0 Å². The molecule has 0 bridgehead atoms. The number of unbranched alkanes of at least 4 members (excludes halogenated alkanes) is 3. The Labute approximate surface area is 155 Å². The molecule has 26 heavy (non-hydrogen) atoms. The van der Waals surface area contributed by atoms with Crippen LogP contribution in [0.25, 0.3) is 21.8 Å². The number of hydrogen-bond acceptors (Lipinski definition) is 1. The standard InChI is InChI=1S/C24H26N2/c1(10-18-25-20-12-4-3-5-13-20)2-11-19-26-23-16-8-6-14-21(23)22-15-7-9-17-24(22)26/h3-9,12-17,25H,1-2,10-11,18-19H2. The summed E-state index contributed by atoms with van der Waals surface area (Å²) in [6, 6.07) is 28.0. The fourth-order valence-corrected chi connectivity index (χ4v) is 3.78. The van der Waals surface area contributed by atoms with Gasteiger partial charge in [-0.1, -0.05) is 67.4 Å². The first-order chi connectivity index (χ1) is 12.9. The fraction of sp³-hybridized carbons (Fsp3) is 0.250. The molecule has 0 amide bonds. The molecule has 0 radical (unpaired) electrons. The second kappa shape index (κ2) is 8.09. The maximum absolute atomic E-state index is 3.49. The number of anilines is 1. The fourth-order valence-electron chi connectivity index (χ4n) is 3.78. The van der Waals surface area contributed by atoms with Crippen LogP contribution >= 0.6 is 0 Å². The van der Waals surface area contributed by atoms with E-state index in [1.807, 2.05) is 0 Å². The molecule has 2 heteroatoms. The van der Waals surface area contributed by atoms with Crippen LogP contribution in [0.15, 0.2) is 78.9 Å². The predicted octanol–water partition coefficient (Wildman–Crippen LogP) is 6.47. The lowest BCUT2D eigenvalue weighted by Crippen LogP contribution is -2.02. The zero-order valence-corrected chi connectivity index (χ0v) is 15.2. The minimum absolute atomic E-state index is 1.05. The van der Waals surface area contributed by atoms with Gasteiger partial charge in [-0.15, -0.1) is 0 Å². The van der Waals surface area contributed by atoms with Gasteiger partial charge in [0.05, 0.1) is 0 Å². The summed E-state index contributed by atoms with van der Waals surface area (Å²) < 4.78 is 2.49. The van der Waals surface area contributed by atoms with Gasteiger partial charge in [0.15, 0.2) is 0 Å². The molecule has 0 saturated carbocycles. The number of rotatable bonds is 8. The van der Waals surface area contributed by atoms with Crippen molar-refractivity contribution in [1.82, 2.24) is 4.57 Å². The summed E-state index contributed by atoms with van der Waals surface area (Å²) in [7, 11) is 0. The van der Waals surface area contributed by atoms with Crippen LogP contribution in [0.5, 0.6) is 0 Å². The van der Waals surface area contributed by atoms with Crippen molar-refractivity contribution in [3.8, 4) is 0 Å². The Morgan fingerprint density at radius 3 is 1.85 bits per heavy atom. The molecule has 0 spiro atoms. The first-order valence-electron chi connectivity index (χ1n) is 9.68. The lowest BCUT2D eigenvalue weighted by Gasteiger charge is -2.08. The van der Waals surface area contributed by atoms with E-state index >= 15 is 0 Å². The van der Waals surface area contributed by atoms with E-state index in [4.69, 9.17) is 0 Å². The summed E-state index contributed by atoms with van der Waals surface area (Å²) in [6.45, 7) is 2.15. The van der Waals surface area contributed by atoms with Gasteiger partial charge in [-0.2, -0.15) is 0 Å².